The van der Waals surface area contributed by atoms with Gasteiger partial charge in [0.05, 0.1) is 11.8 Å². The molecule has 0 radical (unpaired) electrons. The van der Waals surface area contributed by atoms with E-state index in [9.17, 15) is 9.18 Å². The normalized spacial score (nSPS) is 16.6. The molecule has 1 amide bonds. The summed E-state index contributed by atoms with van der Waals surface area (Å²) < 4.78 is 13.1. The molecule has 1 aliphatic rings. The summed E-state index contributed by atoms with van der Waals surface area (Å²) in [6.45, 7) is 0.583. The van der Waals surface area contributed by atoms with Gasteiger partial charge in [0.2, 0.25) is 0 Å². The predicted octanol–water partition coefficient (Wildman–Crippen LogP) is 2.50. The zero-order chi connectivity index (χ0) is 12.5. The summed E-state index contributed by atoms with van der Waals surface area (Å²) >= 11 is 7.49. The molecule has 1 aromatic rings. The van der Waals surface area contributed by atoms with E-state index in [-0.39, 0.29) is 21.4 Å². The minimum atomic E-state index is -0.564. The largest absolute Gasteiger partial charge is 0.351 e. The van der Waals surface area contributed by atoms with Crippen LogP contribution in [0.15, 0.2) is 12.3 Å². The summed E-state index contributed by atoms with van der Waals surface area (Å²) in [5.74, 6) is -0.937. The first-order valence-corrected chi connectivity index (χ1v) is 6.81. The Morgan fingerprint density at radius 2 is 2.41 bits per heavy atom. The highest BCUT2D eigenvalue weighted by Crippen LogP contribution is 2.46. The van der Waals surface area contributed by atoms with E-state index in [0.717, 1.165) is 25.1 Å². The van der Waals surface area contributed by atoms with Crippen molar-refractivity contribution < 1.29 is 9.18 Å². The van der Waals surface area contributed by atoms with E-state index in [0.29, 0.717) is 6.54 Å². The highest BCUT2D eigenvalue weighted by atomic mass is 35.5. The van der Waals surface area contributed by atoms with Crippen LogP contribution in [0.4, 0.5) is 4.39 Å². The maximum Gasteiger partial charge on any atom is 0.254 e. The maximum absolute atomic E-state index is 13.0. The van der Waals surface area contributed by atoms with Gasteiger partial charge in [-0.25, -0.2) is 9.37 Å². The molecule has 92 valence electrons. The number of halogens is 2. The van der Waals surface area contributed by atoms with Gasteiger partial charge in [-0.1, -0.05) is 11.6 Å². The van der Waals surface area contributed by atoms with Crippen LogP contribution in [-0.4, -0.2) is 28.4 Å². The number of hydrogen-bond donors (Lipinski definition) is 1. The van der Waals surface area contributed by atoms with E-state index < -0.39 is 5.82 Å². The summed E-state index contributed by atoms with van der Waals surface area (Å²) in [6, 6.07) is 1.10. The number of carbonyl (C=O) groups excluding carboxylic acids is 1. The lowest BCUT2D eigenvalue weighted by Gasteiger charge is -2.13. The summed E-state index contributed by atoms with van der Waals surface area (Å²) in [5.41, 5.74) is 0.0866. The predicted molar refractivity (Wildman–Crippen MR) is 67.0 cm³/mol. The lowest BCUT2D eigenvalue weighted by Crippen LogP contribution is -2.32. The van der Waals surface area contributed by atoms with Gasteiger partial charge in [0.15, 0.2) is 0 Å². The quantitative estimate of drug-likeness (QED) is 0.858. The Labute approximate surface area is 108 Å². The van der Waals surface area contributed by atoms with Crippen LogP contribution in [0, 0.1) is 5.82 Å². The van der Waals surface area contributed by atoms with Crippen molar-refractivity contribution in [1.29, 1.82) is 0 Å². The lowest BCUT2D eigenvalue weighted by atomic mass is 10.2. The smallest absolute Gasteiger partial charge is 0.254 e. The van der Waals surface area contributed by atoms with Gasteiger partial charge in [-0.15, -0.1) is 0 Å². The Bertz CT molecular complexity index is 451. The molecule has 1 aliphatic carbocycles. The fourth-order valence-electron chi connectivity index (χ4n) is 1.51. The second-order valence-electron chi connectivity index (χ2n) is 4.06. The molecule has 1 saturated carbocycles. The lowest BCUT2D eigenvalue weighted by molar-refractivity contribution is 0.0952. The van der Waals surface area contributed by atoms with E-state index in [2.05, 4.69) is 10.3 Å². The third kappa shape index (κ3) is 2.90. The number of pyridine rings is 1. The van der Waals surface area contributed by atoms with E-state index in [1.807, 2.05) is 6.26 Å². The van der Waals surface area contributed by atoms with Crippen molar-refractivity contribution in [1.82, 2.24) is 10.3 Å². The van der Waals surface area contributed by atoms with Gasteiger partial charge in [-0.05, 0) is 25.2 Å². The van der Waals surface area contributed by atoms with E-state index in [1.165, 1.54) is 0 Å². The molecule has 1 aromatic heterocycles. The Morgan fingerprint density at radius 1 is 1.71 bits per heavy atom. The second-order valence-corrected chi connectivity index (χ2v) is 5.69. The Morgan fingerprint density at radius 3 is 3.00 bits per heavy atom. The van der Waals surface area contributed by atoms with Crippen LogP contribution in [0.25, 0.3) is 0 Å². The third-order valence-electron chi connectivity index (χ3n) is 2.86. The first-order chi connectivity index (χ1) is 8.06. The van der Waals surface area contributed by atoms with Gasteiger partial charge in [0, 0.05) is 11.3 Å². The molecule has 1 N–H and O–H groups in total. The SMILES string of the molecule is CSC1(CNC(=O)c2cc(F)cnc2Cl)CC1. The maximum atomic E-state index is 13.0. The van der Waals surface area contributed by atoms with Gasteiger partial charge >= 0.3 is 0 Å². The molecule has 1 heterocycles. The van der Waals surface area contributed by atoms with Gasteiger partial charge in [-0.2, -0.15) is 11.8 Å². The number of nitrogens with one attached hydrogen (secondary N) is 1. The number of hydrogen-bond acceptors (Lipinski definition) is 3. The Hall–Kier alpha value is -0.810. The Kier molecular flexibility index (Phi) is 3.58. The standard InChI is InChI=1S/C11H12ClFN2OS/c1-17-11(2-3-11)6-15-10(16)8-4-7(13)5-14-9(8)12/h4-5H,2-3,6H2,1H3,(H,15,16). The molecule has 0 aliphatic heterocycles. The summed E-state index contributed by atoms with van der Waals surface area (Å²) in [6.07, 6.45) is 5.21. The summed E-state index contributed by atoms with van der Waals surface area (Å²) in [7, 11) is 0. The van der Waals surface area contributed by atoms with Gasteiger partial charge in [-0.3, -0.25) is 4.79 Å². The van der Waals surface area contributed by atoms with Crippen molar-refractivity contribution >= 4 is 29.3 Å². The van der Waals surface area contributed by atoms with Crippen molar-refractivity contribution in [3.8, 4) is 0 Å². The number of aromatic nitrogens is 1. The highest BCUT2D eigenvalue weighted by Gasteiger charge is 2.42. The topological polar surface area (TPSA) is 42.0 Å². The zero-order valence-electron chi connectivity index (χ0n) is 9.30. The zero-order valence-corrected chi connectivity index (χ0v) is 10.9. The van der Waals surface area contributed by atoms with Crippen molar-refractivity contribution in [2.24, 2.45) is 0 Å². The molecular formula is C11H12ClFN2OS. The van der Waals surface area contributed by atoms with Crippen LogP contribution < -0.4 is 5.32 Å². The molecule has 6 heteroatoms. The van der Waals surface area contributed by atoms with Crippen molar-refractivity contribution in [2.75, 3.05) is 12.8 Å². The summed E-state index contributed by atoms with van der Waals surface area (Å²) in [4.78, 5) is 15.4. The second kappa shape index (κ2) is 4.82. The molecule has 0 aromatic carbocycles. The molecule has 0 spiro atoms. The van der Waals surface area contributed by atoms with E-state index in [4.69, 9.17) is 11.6 Å². The number of thioether (sulfide) groups is 1. The monoisotopic (exact) mass is 274 g/mol. The van der Waals surface area contributed by atoms with Crippen LogP contribution in [0.2, 0.25) is 5.15 Å². The fourth-order valence-corrected chi connectivity index (χ4v) is 2.43. The first-order valence-electron chi connectivity index (χ1n) is 5.21. The van der Waals surface area contributed by atoms with Crippen LogP contribution in [0.5, 0.6) is 0 Å². The molecule has 3 nitrogen and oxygen atoms in total. The number of nitrogens with zero attached hydrogens (tertiary/aromatic N) is 1. The number of amides is 1. The Balaban J connectivity index is 2.02. The van der Waals surface area contributed by atoms with Crippen LogP contribution >= 0.6 is 23.4 Å². The van der Waals surface area contributed by atoms with E-state index in [1.54, 1.807) is 11.8 Å². The van der Waals surface area contributed by atoms with Gasteiger partial charge < -0.3 is 5.32 Å². The molecule has 17 heavy (non-hydrogen) atoms. The molecule has 0 atom stereocenters. The van der Waals surface area contributed by atoms with Crippen molar-refractivity contribution in [3.63, 3.8) is 0 Å². The average Bonchev–Trinajstić information content (AvgIpc) is 3.10. The van der Waals surface area contributed by atoms with Gasteiger partial charge in [0.25, 0.3) is 5.91 Å². The highest BCUT2D eigenvalue weighted by molar-refractivity contribution is 8.00. The minimum absolute atomic E-state index is 0.0258. The molecule has 1 fully saturated rings. The molecule has 0 saturated heterocycles. The van der Waals surface area contributed by atoms with Crippen LogP contribution in [0.3, 0.4) is 0 Å². The number of rotatable bonds is 4. The van der Waals surface area contributed by atoms with Crippen LogP contribution in [0.1, 0.15) is 23.2 Å². The average molecular weight is 275 g/mol. The van der Waals surface area contributed by atoms with Crippen molar-refractivity contribution in [3.05, 3.63) is 28.8 Å². The third-order valence-corrected chi connectivity index (χ3v) is 4.58. The minimum Gasteiger partial charge on any atom is -0.351 e. The molecular weight excluding hydrogens is 263 g/mol. The van der Waals surface area contributed by atoms with Gasteiger partial charge in [0.1, 0.15) is 11.0 Å². The fraction of sp³-hybridized carbons (Fsp3) is 0.455. The molecule has 0 bridgehead atoms. The van der Waals surface area contributed by atoms with E-state index >= 15 is 0 Å². The summed E-state index contributed by atoms with van der Waals surface area (Å²) in [5, 5.41) is 2.80. The van der Waals surface area contributed by atoms with Crippen molar-refractivity contribution in [2.45, 2.75) is 17.6 Å². The molecule has 0 unspecified atom stereocenters. The molecule has 2 rings (SSSR count). The van der Waals surface area contributed by atoms with Crippen LogP contribution in [-0.2, 0) is 0 Å². The number of carbonyl (C=O) groups is 1. The first kappa shape index (κ1) is 12.6.